The van der Waals surface area contributed by atoms with Crippen molar-refractivity contribution in [3.05, 3.63) is 35.5 Å². The van der Waals surface area contributed by atoms with Crippen LogP contribution in [0.15, 0.2) is 24.4 Å². The fourth-order valence-electron chi connectivity index (χ4n) is 2.43. The number of hydrogen-bond donors (Lipinski definition) is 1. The Kier molecular flexibility index (Phi) is 3.69. The molecule has 0 aliphatic rings. The van der Waals surface area contributed by atoms with Gasteiger partial charge in [-0.2, -0.15) is 0 Å². The van der Waals surface area contributed by atoms with Crippen LogP contribution in [0, 0.1) is 0 Å². The van der Waals surface area contributed by atoms with Gasteiger partial charge in [0.1, 0.15) is 0 Å². The lowest BCUT2D eigenvalue weighted by atomic mass is 10.1. The SMILES string of the molecule is CC(C)n1cc(CS(C)(=O)=O)c2cccc(CN)c21. The maximum atomic E-state index is 11.5. The number of nitrogens with zero attached hydrogens (tertiary/aromatic N) is 1. The van der Waals surface area contributed by atoms with E-state index >= 15 is 0 Å². The van der Waals surface area contributed by atoms with E-state index in [-0.39, 0.29) is 11.8 Å². The van der Waals surface area contributed by atoms with Crippen molar-refractivity contribution in [2.24, 2.45) is 5.73 Å². The quantitative estimate of drug-likeness (QED) is 0.934. The van der Waals surface area contributed by atoms with E-state index in [0.717, 1.165) is 22.0 Å². The Morgan fingerprint density at radius 1 is 1.26 bits per heavy atom. The van der Waals surface area contributed by atoms with Crippen LogP contribution in [0.3, 0.4) is 0 Å². The second-order valence-corrected chi connectivity index (χ2v) is 7.38. The number of sulfone groups is 1. The smallest absolute Gasteiger partial charge is 0.151 e. The molecule has 0 bridgehead atoms. The molecule has 1 heterocycles. The number of benzene rings is 1. The van der Waals surface area contributed by atoms with Gasteiger partial charge in [-0.3, -0.25) is 0 Å². The molecule has 0 radical (unpaired) electrons. The minimum Gasteiger partial charge on any atom is -0.344 e. The molecule has 0 amide bonds. The first-order chi connectivity index (χ1) is 8.83. The van der Waals surface area contributed by atoms with Crippen molar-refractivity contribution in [3.8, 4) is 0 Å². The van der Waals surface area contributed by atoms with Crippen LogP contribution in [0.1, 0.15) is 31.0 Å². The maximum absolute atomic E-state index is 11.5. The van der Waals surface area contributed by atoms with Crippen LogP contribution in [-0.4, -0.2) is 19.2 Å². The first kappa shape index (κ1) is 14.1. The van der Waals surface area contributed by atoms with Gasteiger partial charge in [0.2, 0.25) is 0 Å². The first-order valence-corrected chi connectivity index (χ1v) is 8.38. The van der Waals surface area contributed by atoms with Crippen molar-refractivity contribution < 1.29 is 8.42 Å². The topological polar surface area (TPSA) is 65.1 Å². The molecule has 4 nitrogen and oxygen atoms in total. The molecule has 19 heavy (non-hydrogen) atoms. The first-order valence-electron chi connectivity index (χ1n) is 6.32. The Morgan fingerprint density at radius 2 is 1.95 bits per heavy atom. The summed E-state index contributed by atoms with van der Waals surface area (Å²) in [5.74, 6) is 0.0667. The largest absolute Gasteiger partial charge is 0.344 e. The van der Waals surface area contributed by atoms with Gasteiger partial charge < -0.3 is 10.3 Å². The fourth-order valence-corrected chi connectivity index (χ4v) is 3.22. The summed E-state index contributed by atoms with van der Waals surface area (Å²) in [6, 6.07) is 6.16. The molecule has 1 aromatic carbocycles. The lowest BCUT2D eigenvalue weighted by molar-refractivity contribution is 0.600. The number of aromatic nitrogens is 1. The number of rotatable bonds is 4. The van der Waals surface area contributed by atoms with E-state index in [2.05, 4.69) is 18.4 Å². The Bertz CT molecular complexity index is 700. The Morgan fingerprint density at radius 3 is 2.47 bits per heavy atom. The van der Waals surface area contributed by atoms with Gasteiger partial charge in [-0.1, -0.05) is 18.2 Å². The standard InChI is InChI=1S/C14H20N2O2S/c1-10(2)16-8-12(9-19(3,17)18)13-6-4-5-11(7-15)14(13)16/h4-6,8,10H,7,9,15H2,1-3H3. The minimum absolute atomic E-state index is 0.0667. The zero-order valence-corrected chi connectivity index (χ0v) is 12.4. The van der Waals surface area contributed by atoms with Crippen molar-refractivity contribution >= 4 is 20.7 Å². The summed E-state index contributed by atoms with van der Waals surface area (Å²) in [5, 5.41) is 0.988. The highest BCUT2D eigenvalue weighted by atomic mass is 32.2. The van der Waals surface area contributed by atoms with Crippen LogP contribution in [0.5, 0.6) is 0 Å². The Balaban J connectivity index is 2.74. The number of fused-ring (bicyclic) bond motifs is 1. The number of nitrogens with two attached hydrogens (primary N) is 1. The summed E-state index contributed by atoms with van der Waals surface area (Å²) in [7, 11) is -3.05. The van der Waals surface area contributed by atoms with Crippen molar-refractivity contribution in [1.29, 1.82) is 0 Å². The molecule has 0 fully saturated rings. The fraction of sp³-hybridized carbons (Fsp3) is 0.429. The van der Waals surface area contributed by atoms with Gasteiger partial charge in [0.15, 0.2) is 9.84 Å². The predicted octanol–water partition coefficient (Wildman–Crippen LogP) is 2.23. The van der Waals surface area contributed by atoms with Gasteiger partial charge in [-0.05, 0) is 25.0 Å². The summed E-state index contributed by atoms with van der Waals surface area (Å²) in [6.07, 6.45) is 3.20. The summed E-state index contributed by atoms with van der Waals surface area (Å²) < 4.78 is 25.2. The van der Waals surface area contributed by atoms with Crippen LogP contribution < -0.4 is 5.73 Å². The van der Waals surface area contributed by atoms with E-state index in [0.29, 0.717) is 6.54 Å². The molecule has 5 heteroatoms. The third kappa shape index (κ3) is 2.82. The second-order valence-electron chi connectivity index (χ2n) is 5.24. The van der Waals surface area contributed by atoms with E-state index in [9.17, 15) is 8.42 Å². The monoisotopic (exact) mass is 280 g/mol. The normalized spacial score (nSPS) is 12.5. The highest BCUT2D eigenvalue weighted by Crippen LogP contribution is 2.28. The van der Waals surface area contributed by atoms with Crippen LogP contribution in [0.4, 0.5) is 0 Å². The second kappa shape index (κ2) is 4.98. The molecule has 0 saturated heterocycles. The van der Waals surface area contributed by atoms with Crippen LogP contribution >= 0.6 is 0 Å². The maximum Gasteiger partial charge on any atom is 0.151 e. The molecule has 0 atom stereocenters. The Hall–Kier alpha value is -1.33. The molecule has 0 aliphatic heterocycles. The molecule has 1 aromatic heterocycles. The summed E-state index contributed by atoms with van der Waals surface area (Å²) in [5.41, 5.74) is 8.74. The molecular weight excluding hydrogens is 260 g/mol. The molecular formula is C14H20N2O2S. The van der Waals surface area contributed by atoms with Crippen molar-refractivity contribution in [1.82, 2.24) is 4.57 Å². The van der Waals surface area contributed by atoms with Crippen LogP contribution in [0.2, 0.25) is 0 Å². The summed E-state index contributed by atoms with van der Waals surface area (Å²) in [4.78, 5) is 0. The molecule has 2 N–H and O–H groups in total. The van der Waals surface area contributed by atoms with Crippen molar-refractivity contribution in [3.63, 3.8) is 0 Å². The zero-order chi connectivity index (χ0) is 14.2. The van der Waals surface area contributed by atoms with Gasteiger partial charge in [0.25, 0.3) is 0 Å². The third-order valence-corrected chi connectivity index (χ3v) is 4.05. The minimum atomic E-state index is -3.05. The van der Waals surface area contributed by atoms with Crippen molar-refractivity contribution in [2.75, 3.05) is 6.26 Å². The lowest BCUT2D eigenvalue weighted by Gasteiger charge is -2.11. The number of hydrogen-bond acceptors (Lipinski definition) is 3. The molecule has 0 saturated carbocycles. The third-order valence-electron chi connectivity index (χ3n) is 3.21. The molecule has 0 unspecified atom stereocenters. The molecule has 104 valence electrons. The van der Waals surface area contributed by atoms with Gasteiger partial charge in [0.05, 0.1) is 11.3 Å². The van der Waals surface area contributed by atoms with Crippen molar-refractivity contribution in [2.45, 2.75) is 32.2 Å². The molecule has 0 aliphatic carbocycles. The van der Waals surface area contributed by atoms with Gasteiger partial charge in [-0.15, -0.1) is 0 Å². The average molecular weight is 280 g/mol. The molecule has 2 rings (SSSR count). The highest BCUT2D eigenvalue weighted by molar-refractivity contribution is 7.89. The van der Waals surface area contributed by atoms with Crippen LogP contribution in [0.25, 0.3) is 10.9 Å². The van der Waals surface area contributed by atoms with E-state index < -0.39 is 9.84 Å². The van der Waals surface area contributed by atoms with Gasteiger partial charge >= 0.3 is 0 Å². The van der Waals surface area contributed by atoms with Gasteiger partial charge in [0, 0.05) is 30.4 Å². The number of para-hydroxylation sites is 1. The van der Waals surface area contributed by atoms with Crippen LogP contribution in [-0.2, 0) is 22.1 Å². The Labute approximate surface area is 114 Å². The molecule has 0 spiro atoms. The van der Waals surface area contributed by atoms with Gasteiger partial charge in [-0.25, -0.2) is 8.42 Å². The predicted molar refractivity (Wildman–Crippen MR) is 78.8 cm³/mol. The summed E-state index contributed by atoms with van der Waals surface area (Å²) >= 11 is 0. The average Bonchev–Trinajstić information content (AvgIpc) is 2.66. The van der Waals surface area contributed by atoms with E-state index in [1.165, 1.54) is 6.26 Å². The van der Waals surface area contributed by atoms with E-state index in [1.807, 2.05) is 24.4 Å². The zero-order valence-electron chi connectivity index (χ0n) is 11.6. The lowest BCUT2D eigenvalue weighted by Crippen LogP contribution is -2.03. The summed E-state index contributed by atoms with van der Waals surface area (Å²) in [6.45, 7) is 4.61. The highest BCUT2D eigenvalue weighted by Gasteiger charge is 2.16. The van der Waals surface area contributed by atoms with E-state index in [4.69, 9.17) is 5.73 Å². The molecule has 2 aromatic rings. The van der Waals surface area contributed by atoms with E-state index in [1.54, 1.807) is 0 Å².